The number of ketones is 2. The van der Waals surface area contributed by atoms with Gasteiger partial charge in [0.25, 0.3) is 15.9 Å². The molecule has 1 aliphatic carbocycles. The molecule has 0 unspecified atom stereocenters. The Morgan fingerprint density at radius 1 is 0.919 bits per heavy atom. The summed E-state index contributed by atoms with van der Waals surface area (Å²) in [5.74, 6) is -2.23. The highest BCUT2D eigenvalue weighted by atomic mass is 32.2. The number of benzene rings is 2. The molecule has 37 heavy (non-hydrogen) atoms. The molecule has 1 aromatic heterocycles. The first kappa shape index (κ1) is 25.0. The second-order valence-corrected chi connectivity index (χ2v) is 11.8. The molecule has 0 radical (unpaired) electrons. The third-order valence-corrected chi connectivity index (χ3v) is 9.70. The van der Waals surface area contributed by atoms with E-state index in [1.165, 1.54) is 22.5 Å². The van der Waals surface area contributed by atoms with Crippen LogP contribution in [-0.2, 0) is 24.3 Å². The van der Waals surface area contributed by atoms with E-state index in [9.17, 15) is 27.6 Å². The number of amides is 1. The summed E-state index contributed by atoms with van der Waals surface area (Å²) in [6.07, 6.45) is 0.598. The van der Waals surface area contributed by atoms with Gasteiger partial charge in [-0.05, 0) is 42.5 Å². The van der Waals surface area contributed by atoms with E-state index in [1.807, 2.05) is 0 Å². The zero-order valence-electron chi connectivity index (χ0n) is 19.5. The van der Waals surface area contributed by atoms with E-state index in [1.54, 1.807) is 41.8 Å². The van der Waals surface area contributed by atoms with Crippen molar-refractivity contribution in [2.45, 2.75) is 17.1 Å². The van der Waals surface area contributed by atoms with E-state index < -0.39 is 34.4 Å². The number of fused-ring (bicyclic) bond motifs is 2. The molecular formula is C26H22N2O7S2. The summed E-state index contributed by atoms with van der Waals surface area (Å²) in [5.41, 5.74) is 1.42. The monoisotopic (exact) mass is 538 g/mol. The van der Waals surface area contributed by atoms with Crippen molar-refractivity contribution in [1.29, 1.82) is 0 Å². The highest BCUT2D eigenvalue weighted by molar-refractivity contribution is 7.91. The molecule has 1 aliphatic heterocycles. The minimum absolute atomic E-state index is 0.192. The fraction of sp³-hybridized carbons (Fsp3) is 0.231. The number of piperidine rings is 1. The van der Waals surface area contributed by atoms with Gasteiger partial charge in [0.15, 0.2) is 18.2 Å². The van der Waals surface area contributed by atoms with Gasteiger partial charge in [0.05, 0.1) is 5.92 Å². The van der Waals surface area contributed by atoms with E-state index in [2.05, 4.69) is 5.32 Å². The van der Waals surface area contributed by atoms with Gasteiger partial charge < -0.3 is 10.1 Å². The van der Waals surface area contributed by atoms with Gasteiger partial charge in [-0.25, -0.2) is 8.42 Å². The average molecular weight is 539 g/mol. The van der Waals surface area contributed by atoms with Crippen LogP contribution in [0.3, 0.4) is 0 Å². The summed E-state index contributed by atoms with van der Waals surface area (Å²) in [4.78, 5) is 50.5. The average Bonchev–Trinajstić information content (AvgIpc) is 3.47. The Balaban J connectivity index is 1.15. The van der Waals surface area contributed by atoms with Gasteiger partial charge in [-0.15, -0.1) is 11.3 Å². The summed E-state index contributed by atoms with van der Waals surface area (Å²) < 4.78 is 32.1. The lowest BCUT2D eigenvalue weighted by atomic mass is 9.84. The molecule has 1 saturated heterocycles. The number of carbonyl (C=O) groups is 4. The number of anilines is 1. The van der Waals surface area contributed by atoms with Gasteiger partial charge in [-0.3, -0.25) is 19.2 Å². The molecule has 0 bridgehead atoms. The summed E-state index contributed by atoms with van der Waals surface area (Å²) in [6.45, 7) is -0.145. The van der Waals surface area contributed by atoms with E-state index in [0.717, 1.165) is 11.3 Å². The Bertz CT molecular complexity index is 1510. The van der Waals surface area contributed by atoms with Gasteiger partial charge in [0.2, 0.25) is 0 Å². The molecule has 9 nitrogen and oxygen atoms in total. The first-order valence-corrected chi connectivity index (χ1v) is 13.9. The number of sulfonamides is 1. The number of thiophene rings is 1. The van der Waals surface area contributed by atoms with Crippen molar-refractivity contribution in [3.8, 4) is 0 Å². The third-order valence-electron chi connectivity index (χ3n) is 6.43. The van der Waals surface area contributed by atoms with Crippen molar-refractivity contribution in [2.75, 3.05) is 25.0 Å². The molecule has 1 N–H and O–H groups in total. The van der Waals surface area contributed by atoms with Crippen molar-refractivity contribution >= 4 is 50.5 Å². The van der Waals surface area contributed by atoms with Gasteiger partial charge in [-0.1, -0.05) is 30.3 Å². The van der Waals surface area contributed by atoms with Crippen LogP contribution in [0.4, 0.5) is 5.69 Å². The SMILES string of the molecule is O=C(COC(=O)C1CCN(S(=O)(=O)c2cccs2)CC1)Nc1ccc2c(c1)C(=O)c1ccccc1C2=O. The lowest BCUT2D eigenvalue weighted by Crippen LogP contribution is -2.40. The molecule has 0 atom stereocenters. The quantitative estimate of drug-likeness (QED) is 0.374. The van der Waals surface area contributed by atoms with Crippen LogP contribution in [0.1, 0.15) is 44.7 Å². The molecule has 1 fully saturated rings. The number of ether oxygens (including phenoxy) is 1. The molecule has 0 saturated carbocycles. The standard InChI is InChI=1S/C26H22N2O7S2/c29-22(15-35-26(32)16-9-11-28(12-10-16)37(33,34)23-6-3-13-36-23)27-17-7-8-20-21(14-17)25(31)19-5-2-1-4-18(19)24(20)30/h1-8,13-14,16H,9-12,15H2,(H,27,29). The number of nitrogens with one attached hydrogen (secondary N) is 1. The van der Waals surface area contributed by atoms with Gasteiger partial charge >= 0.3 is 5.97 Å². The lowest BCUT2D eigenvalue weighted by Gasteiger charge is -2.29. The zero-order chi connectivity index (χ0) is 26.2. The maximum Gasteiger partial charge on any atom is 0.309 e. The Morgan fingerprint density at radius 3 is 2.22 bits per heavy atom. The first-order valence-electron chi connectivity index (χ1n) is 11.6. The van der Waals surface area contributed by atoms with Crippen LogP contribution in [-0.4, -0.2) is 55.9 Å². The number of esters is 1. The highest BCUT2D eigenvalue weighted by Gasteiger charge is 2.34. The van der Waals surface area contributed by atoms with Crippen LogP contribution in [0.2, 0.25) is 0 Å². The van der Waals surface area contributed by atoms with Crippen LogP contribution in [0, 0.1) is 5.92 Å². The minimum atomic E-state index is -3.57. The first-order chi connectivity index (χ1) is 17.8. The maximum atomic E-state index is 12.9. The molecule has 5 rings (SSSR count). The van der Waals surface area contributed by atoms with Gasteiger partial charge in [0.1, 0.15) is 4.21 Å². The van der Waals surface area contributed by atoms with Crippen molar-refractivity contribution in [3.63, 3.8) is 0 Å². The van der Waals surface area contributed by atoms with Gasteiger partial charge in [-0.2, -0.15) is 4.31 Å². The second kappa shape index (κ2) is 10.0. The largest absolute Gasteiger partial charge is 0.455 e. The fourth-order valence-corrected chi connectivity index (χ4v) is 7.11. The van der Waals surface area contributed by atoms with Crippen LogP contribution < -0.4 is 5.32 Å². The smallest absolute Gasteiger partial charge is 0.309 e. The predicted octanol–water partition coefficient (Wildman–Crippen LogP) is 3.11. The Labute approximate surface area is 217 Å². The van der Waals surface area contributed by atoms with Crippen molar-refractivity contribution < 1.29 is 32.3 Å². The topological polar surface area (TPSA) is 127 Å². The van der Waals surface area contributed by atoms with E-state index in [-0.39, 0.29) is 40.0 Å². The lowest BCUT2D eigenvalue weighted by molar-refractivity contribution is -0.152. The van der Waals surface area contributed by atoms with Crippen LogP contribution in [0.25, 0.3) is 0 Å². The molecule has 3 aromatic rings. The zero-order valence-corrected chi connectivity index (χ0v) is 21.1. The molecular weight excluding hydrogens is 516 g/mol. The van der Waals surface area contributed by atoms with Crippen molar-refractivity contribution in [2.24, 2.45) is 5.92 Å². The number of hydrogen-bond donors (Lipinski definition) is 1. The van der Waals surface area contributed by atoms with Crippen LogP contribution in [0.15, 0.2) is 64.2 Å². The molecule has 190 valence electrons. The molecule has 2 aromatic carbocycles. The second-order valence-electron chi connectivity index (χ2n) is 8.73. The molecule has 2 aliphatic rings. The minimum Gasteiger partial charge on any atom is -0.455 e. The van der Waals surface area contributed by atoms with E-state index >= 15 is 0 Å². The number of carbonyl (C=O) groups excluding carboxylic acids is 4. The fourth-order valence-electron chi connectivity index (χ4n) is 4.50. The van der Waals surface area contributed by atoms with Crippen molar-refractivity contribution in [1.82, 2.24) is 4.31 Å². The molecule has 11 heteroatoms. The number of rotatable bonds is 6. The van der Waals surface area contributed by atoms with Crippen LogP contribution >= 0.6 is 11.3 Å². The number of hydrogen-bond acceptors (Lipinski definition) is 8. The van der Waals surface area contributed by atoms with Crippen molar-refractivity contribution in [3.05, 3.63) is 82.2 Å². The highest BCUT2D eigenvalue weighted by Crippen LogP contribution is 2.29. The summed E-state index contributed by atoms with van der Waals surface area (Å²) >= 11 is 1.15. The molecule has 0 spiro atoms. The Kier molecular flexibility index (Phi) is 6.76. The molecule has 2 heterocycles. The predicted molar refractivity (Wildman–Crippen MR) is 135 cm³/mol. The van der Waals surface area contributed by atoms with E-state index in [4.69, 9.17) is 4.74 Å². The summed E-state index contributed by atoms with van der Waals surface area (Å²) in [7, 11) is -3.57. The number of nitrogens with zero attached hydrogens (tertiary/aromatic N) is 1. The summed E-state index contributed by atoms with van der Waals surface area (Å²) in [5, 5.41) is 4.28. The normalized spacial score (nSPS) is 16.1. The van der Waals surface area contributed by atoms with E-state index in [0.29, 0.717) is 29.7 Å². The third kappa shape index (κ3) is 4.85. The molecule has 1 amide bonds. The summed E-state index contributed by atoms with van der Waals surface area (Å²) in [6, 6.07) is 14.2. The van der Waals surface area contributed by atoms with Gasteiger partial charge in [0, 0.05) is 41.0 Å². The maximum absolute atomic E-state index is 12.9. The van der Waals surface area contributed by atoms with Crippen LogP contribution in [0.5, 0.6) is 0 Å². The Morgan fingerprint density at radius 2 is 1.57 bits per heavy atom. The Hall–Kier alpha value is -3.67.